The fourth-order valence-corrected chi connectivity index (χ4v) is 3.19. The van der Waals surface area contributed by atoms with Crippen molar-refractivity contribution in [3.8, 4) is 23.0 Å². The van der Waals surface area contributed by atoms with E-state index in [0.717, 1.165) is 5.56 Å². The fourth-order valence-electron chi connectivity index (χ4n) is 3.19. The van der Waals surface area contributed by atoms with Gasteiger partial charge in [0.2, 0.25) is 12.9 Å². The Bertz CT molecular complexity index is 1110. The van der Waals surface area contributed by atoms with Gasteiger partial charge in [-0.1, -0.05) is 36.4 Å². The van der Waals surface area contributed by atoms with E-state index in [1.54, 1.807) is 42.5 Å². The molecule has 158 valence electrons. The summed E-state index contributed by atoms with van der Waals surface area (Å²) in [6.45, 7) is 1.84. The first-order valence-electron chi connectivity index (χ1n) is 9.62. The molecule has 0 saturated heterocycles. The predicted octanol–water partition coefficient (Wildman–Crippen LogP) is 4.40. The van der Waals surface area contributed by atoms with Gasteiger partial charge in [-0.3, -0.25) is 4.79 Å². The smallest absolute Gasteiger partial charge is 0.349 e. The lowest BCUT2D eigenvalue weighted by Gasteiger charge is -2.18. The van der Waals surface area contributed by atoms with E-state index in [9.17, 15) is 14.7 Å². The summed E-state index contributed by atoms with van der Waals surface area (Å²) in [5.74, 6) is 0.527. The van der Waals surface area contributed by atoms with Crippen LogP contribution in [-0.4, -0.2) is 23.7 Å². The van der Waals surface area contributed by atoms with Crippen LogP contribution in [0.3, 0.4) is 0 Å². The SMILES string of the molecule is CC(=O)c1ccc(OCc2ccc3c(c2)OCO3)cc1OC(C(=O)O)c1ccccc1. The van der Waals surface area contributed by atoms with Crippen LogP contribution in [0.25, 0.3) is 0 Å². The summed E-state index contributed by atoms with van der Waals surface area (Å²) in [7, 11) is 0. The molecule has 3 aromatic rings. The Hall–Kier alpha value is -4.00. The third-order valence-electron chi connectivity index (χ3n) is 4.75. The summed E-state index contributed by atoms with van der Waals surface area (Å²) in [5.41, 5.74) is 1.61. The second-order valence-electron chi connectivity index (χ2n) is 6.94. The first-order chi connectivity index (χ1) is 15.0. The molecule has 0 spiro atoms. The van der Waals surface area contributed by atoms with Crippen LogP contribution in [0.5, 0.6) is 23.0 Å². The highest BCUT2D eigenvalue weighted by Gasteiger charge is 2.24. The number of benzene rings is 3. The van der Waals surface area contributed by atoms with Crippen LogP contribution in [0, 0.1) is 0 Å². The summed E-state index contributed by atoms with van der Waals surface area (Å²) in [6.07, 6.45) is -1.26. The van der Waals surface area contributed by atoms with E-state index < -0.39 is 12.1 Å². The van der Waals surface area contributed by atoms with Crippen LogP contribution in [-0.2, 0) is 11.4 Å². The minimum absolute atomic E-state index is 0.145. The van der Waals surface area contributed by atoms with Crippen molar-refractivity contribution in [1.29, 1.82) is 0 Å². The Morgan fingerprint density at radius 2 is 1.77 bits per heavy atom. The van der Waals surface area contributed by atoms with Gasteiger partial charge in [-0.25, -0.2) is 4.79 Å². The van der Waals surface area contributed by atoms with Gasteiger partial charge < -0.3 is 24.1 Å². The van der Waals surface area contributed by atoms with Crippen molar-refractivity contribution in [3.05, 3.63) is 83.4 Å². The molecule has 1 atom stereocenters. The van der Waals surface area contributed by atoms with Gasteiger partial charge in [-0.2, -0.15) is 0 Å². The number of rotatable bonds is 8. The summed E-state index contributed by atoms with van der Waals surface area (Å²) in [6, 6.07) is 18.8. The quantitative estimate of drug-likeness (QED) is 0.540. The standard InChI is InChI=1S/C24H20O7/c1-15(25)19-9-8-18(28-13-16-7-10-20-22(11-16)30-14-29-20)12-21(19)31-23(24(26)27)17-5-3-2-4-6-17/h2-12,23H,13-14H2,1H3,(H,26,27). The van der Waals surface area contributed by atoms with Crippen molar-refractivity contribution in [2.24, 2.45) is 0 Å². The molecule has 1 unspecified atom stereocenters. The van der Waals surface area contributed by atoms with E-state index in [1.165, 1.54) is 13.0 Å². The molecule has 7 heteroatoms. The molecule has 0 amide bonds. The van der Waals surface area contributed by atoms with Gasteiger partial charge in [-0.05, 0) is 36.8 Å². The lowest BCUT2D eigenvalue weighted by Crippen LogP contribution is -2.19. The summed E-state index contributed by atoms with van der Waals surface area (Å²) >= 11 is 0. The molecule has 1 heterocycles. The number of carbonyl (C=O) groups excluding carboxylic acids is 1. The Labute approximate surface area is 178 Å². The monoisotopic (exact) mass is 420 g/mol. The summed E-state index contributed by atoms with van der Waals surface area (Å²) in [5, 5.41) is 9.65. The predicted molar refractivity (Wildman–Crippen MR) is 111 cm³/mol. The summed E-state index contributed by atoms with van der Waals surface area (Å²) in [4.78, 5) is 23.9. The number of hydrogen-bond acceptors (Lipinski definition) is 6. The molecular formula is C24H20O7. The molecule has 0 radical (unpaired) electrons. The van der Waals surface area contributed by atoms with Gasteiger partial charge in [0.25, 0.3) is 0 Å². The van der Waals surface area contributed by atoms with Crippen LogP contribution < -0.4 is 18.9 Å². The molecule has 3 aromatic carbocycles. The molecule has 4 rings (SSSR count). The number of hydrogen-bond donors (Lipinski definition) is 1. The molecule has 0 aromatic heterocycles. The number of fused-ring (bicyclic) bond motifs is 1. The van der Waals surface area contributed by atoms with Crippen LogP contribution >= 0.6 is 0 Å². The molecule has 1 N–H and O–H groups in total. The number of carboxylic acids is 1. The molecule has 0 aliphatic carbocycles. The molecule has 0 bridgehead atoms. The largest absolute Gasteiger partial charge is 0.489 e. The van der Waals surface area contributed by atoms with E-state index in [4.69, 9.17) is 18.9 Å². The molecule has 1 aliphatic rings. The zero-order valence-electron chi connectivity index (χ0n) is 16.7. The molecular weight excluding hydrogens is 400 g/mol. The van der Waals surface area contributed by atoms with Crippen molar-refractivity contribution in [2.45, 2.75) is 19.6 Å². The molecule has 0 saturated carbocycles. The van der Waals surface area contributed by atoms with Gasteiger partial charge in [0, 0.05) is 11.6 Å². The Morgan fingerprint density at radius 3 is 2.52 bits per heavy atom. The third kappa shape index (κ3) is 4.61. The normalized spacial score (nSPS) is 12.8. The third-order valence-corrected chi connectivity index (χ3v) is 4.75. The van der Waals surface area contributed by atoms with Gasteiger partial charge in [0.05, 0.1) is 5.56 Å². The van der Waals surface area contributed by atoms with Crippen molar-refractivity contribution in [1.82, 2.24) is 0 Å². The topological polar surface area (TPSA) is 91.3 Å². The number of ether oxygens (including phenoxy) is 4. The molecule has 1 aliphatic heterocycles. The lowest BCUT2D eigenvalue weighted by atomic mass is 10.1. The van der Waals surface area contributed by atoms with Gasteiger partial charge >= 0.3 is 5.97 Å². The Kier molecular flexibility index (Phi) is 5.75. The number of aliphatic carboxylic acids is 1. The van der Waals surface area contributed by atoms with E-state index in [1.807, 2.05) is 18.2 Å². The van der Waals surface area contributed by atoms with Crippen molar-refractivity contribution in [3.63, 3.8) is 0 Å². The highest BCUT2D eigenvalue weighted by molar-refractivity contribution is 5.97. The average molecular weight is 420 g/mol. The molecule has 0 fully saturated rings. The van der Waals surface area contributed by atoms with Crippen LogP contribution in [0.2, 0.25) is 0 Å². The first kappa shape index (κ1) is 20.3. The van der Waals surface area contributed by atoms with E-state index in [2.05, 4.69) is 0 Å². The zero-order valence-corrected chi connectivity index (χ0v) is 16.7. The highest BCUT2D eigenvalue weighted by Crippen LogP contribution is 2.34. The minimum Gasteiger partial charge on any atom is -0.489 e. The van der Waals surface area contributed by atoms with Gasteiger partial charge in [-0.15, -0.1) is 0 Å². The van der Waals surface area contributed by atoms with Crippen LogP contribution in [0.4, 0.5) is 0 Å². The van der Waals surface area contributed by atoms with Crippen LogP contribution in [0.1, 0.15) is 34.5 Å². The van der Waals surface area contributed by atoms with Crippen LogP contribution in [0.15, 0.2) is 66.7 Å². The average Bonchev–Trinajstić information content (AvgIpc) is 3.24. The van der Waals surface area contributed by atoms with Gasteiger partial charge in [0.15, 0.2) is 17.3 Å². The van der Waals surface area contributed by atoms with Gasteiger partial charge in [0.1, 0.15) is 18.1 Å². The maximum Gasteiger partial charge on any atom is 0.349 e. The maximum absolute atomic E-state index is 12.1. The Morgan fingerprint density at radius 1 is 1.00 bits per heavy atom. The zero-order chi connectivity index (χ0) is 21.8. The second kappa shape index (κ2) is 8.79. The number of Topliss-reactive ketones (excluding diaryl/α,β-unsaturated/α-hetero) is 1. The van der Waals surface area contributed by atoms with Crippen molar-refractivity contribution >= 4 is 11.8 Å². The van der Waals surface area contributed by atoms with E-state index >= 15 is 0 Å². The fraction of sp³-hybridized carbons (Fsp3) is 0.167. The second-order valence-corrected chi connectivity index (χ2v) is 6.94. The maximum atomic E-state index is 12.1. The van der Waals surface area contributed by atoms with E-state index in [-0.39, 0.29) is 30.5 Å². The Balaban J connectivity index is 1.56. The minimum atomic E-state index is -1.26. The number of carboxylic acid groups (broad SMARTS) is 1. The molecule has 7 nitrogen and oxygen atoms in total. The first-order valence-corrected chi connectivity index (χ1v) is 9.62. The summed E-state index contributed by atoms with van der Waals surface area (Å²) < 4.78 is 22.3. The van der Waals surface area contributed by atoms with E-state index in [0.29, 0.717) is 22.8 Å². The number of carbonyl (C=O) groups is 2. The lowest BCUT2D eigenvalue weighted by molar-refractivity contribution is -0.145. The molecule has 31 heavy (non-hydrogen) atoms. The number of ketones is 1. The van der Waals surface area contributed by atoms with Crippen molar-refractivity contribution in [2.75, 3.05) is 6.79 Å². The van der Waals surface area contributed by atoms with Crippen molar-refractivity contribution < 1.29 is 33.6 Å². The highest BCUT2D eigenvalue weighted by atomic mass is 16.7.